The Balaban J connectivity index is 0.00000267. The number of rotatable bonds is 10. The van der Waals surface area contributed by atoms with Crippen LogP contribution in [0.25, 0.3) is 11.4 Å². The minimum Gasteiger partial charge on any atom is -0.368 e. The van der Waals surface area contributed by atoms with E-state index in [0.29, 0.717) is 37.1 Å². The highest BCUT2D eigenvalue weighted by Crippen LogP contribution is 2.20. The van der Waals surface area contributed by atoms with Gasteiger partial charge in [-0.3, -0.25) is 19.4 Å². The fourth-order valence-corrected chi connectivity index (χ4v) is 4.34. The van der Waals surface area contributed by atoms with Gasteiger partial charge in [0.25, 0.3) is 0 Å². The van der Waals surface area contributed by atoms with Crippen LogP contribution in [0.1, 0.15) is 12.5 Å². The van der Waals surface area contributed by atoms with Gasteiger partial charge in [0.1, 0.15) is 11.6 Å². The SMILES string of the molecule is CC(=O)NCCNc1cc(NC(=O)CN2CCN(Cc3cccc(Cl)c3)CC2)nc(-c2ccccc2)n1.Cl.Cl.Cl. The quantitative estimate of drug-likeness (QED) is 0.286. The van der Waals surface area contributed by atoms with Gasteiger partial charge in [-0.05, 0) is 17.7 Å². The first kappa shape index (κ1) is 35.4. The predicted octanol–water partition coefficient (Wildman–Crippen LogP) is 4.37. The minimum absolute atomic E-state index is 0. The van der Waals surface area contributed by atoms with Crippen LogP contribution < -0.4 is 16.0 Å². The monoisotopic (exact) mass is 629 g/mol. The average Bonchev–Trinajstić information content (AvgIpc) is 2.88. The van der Waals surface area contributed by atoms with E-state index in [1.54, 1.807) is 6.07 Å². The molecule has 3 aromatic rings. The Bertz CT molecular complexity index is 1210. The third-order valence-electron chi connectivity index (χ3n) is 5.96. The van der Waals surface area contributed by atoms with E-state index in [0.717, 1.165) is 43.3 Å². The van der Waals surface area contributed by atoms with Gasteiger partial charge in [0, 0.05) is 69.4 Å². The molecule has 1 saturated heterocycles. The first-order chi connectivity index (χ1) is 17.9. The van der Waals surface area contributed by atoms with Crippen molar-refractivity contribution in [1.82, 2.24) is 25.1 Å². The van der Waals surface area contributed by atoms with Gasteiger partial charge in [-0.1, -0.05) is 54.1 Å². The molecule has 0 aliphatic carbocycles. The lowest BCUT2D eigenvalue weighted by atomic mass is 10.2. The van der Waals surface area contributed by atoms with Gasteiger partial charge < -0.3 is 16.0 Å². The van der Waals surface area contributed by atoms with Crippen LogP contribution in [0.2, 0.25) is 5.02 Å². The summed E-state index contributed by atoms with van der Waals surface area (Å²) >= 11 is 6.11. The number of amides is 2. The fraction of sp³-hybridized carbons (Fsp3) is 0.333. The minimum atomic E-state index is -0.120. The summed E-state index contributed by atoms with van der Waals surface area (Å²) < 4.78 is 0. The Kier molecular flexibility index (Phi) is 15.8. The summed E-state index contributed by atoms with van der Waals surface area (Å²) in [6, 6.07) is 19.2. The number of anilines is 2. The van der Waals surface area contributed by atoms with Crippen LogP contribution in [0.15, 0.2) is 60.7 Å². The molecular weight excluding hydrogens is 596 g/mol. The van der Waals surface area contributed by atoms with E-state index in [1.165, 1.54) is 12.5 Å². The van der Waals surface area contributed by atoms with Crippen molar-refractivity contribution in [1.29, 1.82) is 0 Å². The molecule has 0 atom stereocenters. The molecule has 3 N–H and O–H groups in total. The van der Waals surface area contributed by atoms with Gasteiger partial charge in [-0.2, -0.15) is 0 Å². The zero-order valence-electron chi connectivity index (χ0n) is 22.1. The molecule has 218 valence electrons. The van der Waals surface area contributed by atoms with Gasteiger partial charge in [-0.15, -0.1) is 37.2 Å². The maximum atomic E-state index is 12.9. The molecule has 0 bridgehead atoms. The van der Waals surface area contributed by atoms with Crippen molar-refractivity contribution in [2.75, 3.05) is 56.4 Å². The summed E-state index contributed by atoms with van der Waals surface area (Å²) in [6.45, 7) is 6.96. The molecule has 0 unspecified atom stereocenters. The van der Waals surface area contributed by atoms with Crippen molar-refractivity contribution < 1.29 is 9.59 Å². The number of carbonyl (C=O) groups is 2. The first-order valence-corrected chi connectivity index (χ1v) is 12.7. The third kappa shape index (κ3) is 11.4. The Labute approximate surface area is 258 Å². The molecule has 40 heavy (non-hydrogen) atoms. The Hall–Kier alpha value is -2.66. The molecule has 0 spiro atoms. The maximum absolute atomic E-state index is 12.9. The van der Waals surface area contributed by atoms with Gasteiger partial charge >= 0.3 is 0 Å². The number of hydrogen-bond acceptors (Lipinski definition) is 7. The number of aromatic nitrogens is 2. The van der Waals surface area contributed by atoms with Crippen molar-refractivity contribution >= 4 is 72.3 Å². The summed E-state index contributed by atoms with van der Waals surface area (Å²) in [5.41, 5.74) is 2.04. The number of nitrogens with zero attached hydrogens (tertiary/aromatic N) is 4. The average molecular weight is 631 g/mol. The van der Waals surface area contributed by atoms with Crippen molar-refractivity contribution in [3.63, 3.8) is 0 Å². The number of carbonyl (C=O) groups excluding carboxylic acids is 2. The number of benzene rings is 2. The van der Waals surface area contributed by atoms with E-state index >= 15 is 0 Å². The third-order valence-corrected chi connectivity index (χ3v) is 6.19. The standard InChI is InChI=1S/C27H32ClN7O2.3ClH/c1-20(36)29-10-11-30-24-17-25(33-27(32-24)22-7-3-2-4-8-22)31-26(37)19-35-14-12-34(13-15-35)18-21-6-5-9-23(28)16-21;;;/h2-9,16-17H,10-15,18-19H2,1H3,(H,29,36)(H2,30,31,32,33,37);3*1H. The molecule has 2 amide bonds. The Morgan fingerprint density at radius 1 is 0.850 bits per heavy atom. The van der Waals surface area contributed by atoms with Crippen molar-refractivity contribution in [2.24, 2.45) is 0 Å². The van der Waals surface area contributed by atoms with Gasteiger partial charge in [0.2, 0.25) is 11.8 Å². The largest absolute Gasteiger partial charge is 0.368 e. The van der Waals surface area contributed by atoms with Crippen molar-refractivity contribution in [3.8, 4) is 11.4 Å². The lowest BCUT2D eigenvalue weighted by molar-refractivity contribution is -0.119. The fourth-order valence-electron chi connectivity index (χ4n) is 4.13. The second-order valence-electron chi connectivity index (χ2n) is 8.97. The number of halogens is 4. The summed E-state index contributed by atoms with van der Waals surface area (Å²) in [4.78, 5) is 37.7. The van der Waals surface area contributed by atoms with E-state index < -0.39 is 0 Å². The van der Waals surface area contributed by atoms with E-state index in [9.17, 15) is 9.59 Å². The zero-order chi connectivity index (χ0) is 26.0. The molecule has 1 aromatic heterocycles. The molecule has 2 aromatic carbocycles. The lowest BCUT2D eigenvalue weighted by Gasteiger charge is -2.34. The molecular formula is C27H35Cl4N7O2. The molecule has 1 fully saturated rings. The molecule has 0 radical (unpaired) electrons. The van der Waals surface area contributed by atoms with E-state index in [2.05, 4.69) is 41.8 Å². The smallest absolute Gasteiger partial charge is 0.239 e. The highest BCUT2D eigenvalue weighted by molar-refractivity contribution is 6.30. The van der Waals surface area contributed by atoms with Crippen LogP contribution in [0.5, 0.6) is 0 Å². The van der Waals surface area contributed by atoms with Crippen LogP contribution in [0.4, 0.5) is 11.6 Å². The predicted molar refractivity (Wildman–Crippen MR) is 168 cm³/mol. The van der Waals surface area contributed by atoms with Crippen LogP contribution >= 0.6 is 48.8 Å². The number of hydrogen-bond donors (Lipinski definition) is 3. The molecule has 2 heterocycles. The molecule has 1 aliphatic rings. The van der Waals surface area contributed by atoms with Gasteiger partial charge in [-0.25, -0.2) is 9.97 Å². The van der Waals surface area contributed by atoms with E-state index in [4.69, 9.17) is 11.6 Å². The van der Waals surface area contributed by atoms with Gasteiger partial charge in [0.15, 0.2) is 5.82 Å². The summed E-state index contributed by atoms with van der Waals surface area (Å²) in [5.74, 6) is 1.30. The maximum Gasteiger partial charge on any atom is 0.239 e. The Morgan fingerprint density at radius 2 is 1.52 bits per heavy atom. The number of nitrogens with one attached hydrogen (secondary N) is 3. The summed E-state index contributed by atoms with van der Waals surface area (Å²) in [6.07, 6.45) is 0. The molecule has 4 rings (SSSR count). The van der Waals surface area contributed by atoms with Crippen LogP contribution in [-0.4, -0.2) is 77.4 Å². The topological polar surface area (TPSA) is 102 Å². The van der Waals surface area contributed by atoms with Crippen LogP contribution in [-0.2, 0) is 16.1 Å². The van der Waals surface area contributed by atoms with Crippen molar-refractivity contribution in [3.05, 3.63) is 71.2 Å². The summed E-state index contributed by atoms with van der Waals surface area (Å²) in [5, 5.41) is 9.62. The molecule has 13 heteroatoms. The van der Waals surface area contributed by atoms with Crippen molar-refractivity contribution in [2.45, 2.75) is 13.5 Å². The van der Waals surface area contributed by atoms with E-state index in [-0.39, 0.29) is 49.0 Å². The van der Waals surface area contributed by atoms with Crippen LogP contribution in [0, 0.1) is 0 Å². The first-order valence-electron chi connectivity index (χ1n) is 12.4. The second-order valence-corrected chi connectivity index (χ2v) is 9.40. The molecule has 0 saturated carbocycles. The Morgan fingerprint density at radius 3 is 2.20 bits per heavy atom. The molecule has 9 nitrogen and oxygen atoms in total. The lowest BCUT2D eigenvalue weighted by Crippen LogP contribution is -2.48. The summed E-state index contributed by atoms with van der Waals surface area (Å²) in [7, 11) is 0. The van der Waals surface area contributed by atoms with Crippen LogP contribution in [0.3, 0.4) is 0 Å². The van der Waals surface area contributed by atoms with Gasteiger partial charge in [0.05, 0.1) is 6.54 Å². The van der Waals surface area contributed by atoms with E-state index in [1.807, 2.05) is 48.5 Å². The normalized spacial score (nSPS) is 13.2. The zero-order valence-corrected chi connectivity index (χ0v) is 25.3. The highest BCUT2D eigenvalue weighted by Gasteiger charge is 2.20. The molecule has 1 aliphatic heterocycles. The number of piperazine rings is 1. The highest BCUT2D eigenvalue weighted by atomic mass is 35.5. The second kappa shape index (κ2) is 17.9.